The fourth-order valence-electron chi connectivity index (χ4n) is 0.546. The summed E-state index contributed by atoms with van der Waals surface area (Å²) in [4.78, 5) is 21.7. The Morgan fingerprint density at radius 2 is 2.17 bits per heavy atom. The van der Waals surface area contributed by atoms with Crippen LogP contribution < -0.4 is 5.32 Å². The zero-order chi connectivity index (χ0) is 9.56. The highest BCUT2D eigenvalue weighted by atomic mass is 79.9. The molecule has 0 saturated carbocycles. The van der Waals surface area contributed by atoms with Crippen molar-refractivity contribution in [2.75, 3.05) is 11.9 Å². The normalized spacial score (nSPS) is 11.9. The SMILES string of the molecule is CCOC(=O)NC(C)C(=O)CBr. The van der Waals surface area contributed by atoms with E-state index >= 15 is 0 Å². The van der Waals surface area contributed by atoms with E-state index in [4.69, 9.17) is 0 Å². The molecule has 1 unspecified atom stereocenters. The molecule has 0 aliphatic heterocycles. The Hall–Kier alpha value is -0.580. The average Bonchev–Trinajstić information content (AvgIpc) is 2.03. The highest BCUT2D eigenvalue weighted by molar-refractivity contribution is 9.09. The van der Waals surface area contributed by atoms with Gasteiger partial charge >= 0.3 is 6.09 Å². The van der Waals surface area contributed by atoms with Crippen molar-refractivity contribution < 1.29 is 14.3 Å². The van der Waals surface area contributed by atoms with E-state index < -0.39 is 12.1 Å². The first kappa shape index (κ1) is 11.4. The summed E-state index contributed by atoms with van der Waals surface area (Å²) in [5.41, 5.74) is 0. The molecular formula is C7H12BrNO3. The van der Waals surface area contributed by atoms with Crippen molar-refractivity contribution in [3.63, 3.8) is 0 Å². The summed E-state index contributed by atoms with van der Waals surface area (Å²) in [6, 6.07) is -0.497. The van der Waals surface area contributed by atoms with Crippen LogP contribution in [0.5, 0.6) is 0 Å². The number of carbonyl (C=O) groups is 2. The monoisotopic (exact) mass is 237 g/mol. The molecule has 0 spiro atoms. The second-order valence-electron chi connectivity index (χ2n) is 2.19. The molecule has 1 N–H and O–H groups in total. The number of nitrogens with one attached hydrogen (secondary N) is 1. The van der Waals surface area contributed by atoms with Crippen molar-refractivity contribution in [2.45, 2.75) is 19.9 Å². The molecule has 0 aromatic rings. The lowest BCUT2D eigenvalue weighted by atomic mass is 10.2. The Balaban J connectivity index is 3.75. The summed E-state index contributed by atoms with van der Waals surface area (Å²) in [6.07, 6.45) is -0.556. The quantitative estimate of drug-likeness (QED) is 0.745. The second-order valence-corrected chi connectivity index (χ2v) is 2.75. The van der Waals surface area contributed by atoms with Gasteiger partial charge in [0.05, 0.1) is 18.0 Å². The molecule has 0 saturated heterocycles. The van der Waals surface area contributed by atoms with Gasteiger partial charge in [0, 0.05) is 0 Å². The number of ketones is 1. The minimum absolute atomic E-state index is 0.0805. The first-order chi connectivity index (χ1) is 5.61. The molecule has 1 amide bonds. The number of alkyl halides is 1. The number of rotatable bonds is 4. The summed E-state index contributed by atoms with van der Waals surface area (Å²) in [7, 11) is 0. The zero-order valence-corrected chi connectivity index (χ0v) is 8.68. The topological polar surface area (TPSA) is 55.4 Å². The first-order valence-corrected chi connectivity index (χ1v) is 4.76. The van der Waals surface area contributed by atoms with Gasteiger partial charge in [0.2, 0.25) is 0 Å². The zero-order valence-electron chi connectivity index (χ0n) is 7.09. The predicted molar refractivity (Wildman–Crippen MR) is 48.4 cm³/mol. The van der Waals surface area contributed by atoms with Crippen LogP contribution in [0.15, 0.2) is 0 Å². The molecule has 0 aliphatic rings. The fourth-order valence-corrected chi connectivity index (χ4v) is 1.03. The van der Waals surface area contributed by atoms with Crippen LogP contribution in [0, 0.1) is 0 Å². The van der Waals surface area contributed by atoms with Gasteiger partial charge in [-0.3, -0.25) is 4.79 Å². The van der Waals surface area contributed by atoms with E-state index in [0.717, 1.165) is 0 Å². The Labute approximate surface area is 79.8 Å². The lowest BCUT2D eigenvalue weighted by molar-refractivity contribution is -0.118. The molecule has 0 aromatic carbocycles. The summed E-state index contributed by atoms with van der Waals surface area (Å²) in [6.45, 7) is 3.62. The van der Waals surface area contributed by atoms with Crippen LogP contribution in [-0.2, 0) is 9.53 Å². The van der Waals surface area contributed by atoms with E-state index in [9.17, 15) is 9.59 Å². The van der Waals surface area contributed by atoms with Crippen LogP contribution in [0.2, 0.25) is 0 Å². The summed E-state index contributed by atoms with van der Waals surface area (Å²) in [5, 5.41) is 2.63. The largest absolute Gasteiger partial charge is 0.450 e. The van der Waals surface area contributed by atoms with Crippen LogP contribution in [0.25, 0.3) is 0 Å². The number of carbonyl (C=O) groups excluding carboxylic acids is 2. The number of Topliss-reactive ketones (excluding diaryl/α,β-unsaturated/α-hetero) is 1. The van der Waals surface area contributed by atoms with Crippen LogP contribution in [-0.4, -0.2) is 29.9 Å². The third kappa shape index (κ3) is 4.33. The van der Waals surface area contributed by atoms with Crippen LogP contribution >= 0.6 is 15.9 Å². The molecule has 4 nitrogen and oxygen atoms in total. The van der Waals surface area contributed by atoms with Crippen molar-refractivity contribution in [1.82, 2.24) is 5.32 Å². The van der Waals surface area contributed by atoms with Gasteiger partial charge < -0.3 is 10.1 Å². The molecule has 0 radical (unpaired) electrons. The summed E-state index contributed by atoms with van der Waals surface area (Å²) < 4.78 is 4.59. The number of hydrogen-bond acceptors (Lipinski definition) is 3. The molecule has 0 bridgehead atoms. The highest BCUT2D eigenvalue weighted by Crippen LogP contribution is 1.91. The van der Waals surface area contributed by atoms with Gasteiger partial charge in [-0.2, -0.15) is 0 Å². The molecule has 0 rings (SSSR count). The van der Waals surface area contributed by atoms with E-state index in [1.165, 1.54) is 0 Å². The van der Waals surface area contributed by atoms with Crippen molar-refractivity contribution in [3.05, 3.63) is 0 Å². The molecule has 0 aliphatic carbocycles. The number of amides is 1. The Morgan fingerprint density at radius 3 is 2.58 bits per heavy atom. The van der Waals surface area contributed by atoms with Crippen molar-refractivity contribution in [3.8, 4) is 0 Å². The van der Waals surface area contributed by atoms with Crippen molar-refractivity contribution >= 4 is 27.8 Å². The lowest BCUT2D eigenvalue weighted by Gasteiger charge is -2.10. The molecule has 0 heterocycles. The van der Waals surface area contributed by atoms with Crippen LogP contribution in [0.4, 0.5) is 4.79 Å². The highest BCUT2D eigenvalue weighted by Gasteiger charge is 2.13. The van der Waals surface area contributed by atoms with E-state index in [0.29, 0.717) is 6.61 Å². The van der Waals surface area contributed by atoms with Gasteiger partial charge in [-0.05, 0) is 13.8 Å². The van der Waals surface area contributed by atoms with Gasteiger partial charge in [0.1, 0.15) is 0 Å². The maximum atomic E-state index is 10.9. The maximum absolute atomic E-state index is 10.9. The van der Waals surface area contributed by atoms with E-state index in [-0.39, 0.29) is 11.1 Å². The Bertz CT molecular complexity index is 172. The van der Waals surface area contributed by atoms with Gasteiger partial charge in [-0.1, -0.05) is 15.9 Å². The molecule has 1 atom stereocenters. The molecular weight excluding hydrogens is 226 g/mol. The smallest absolute Gasteiger partial charge is 0.407 e. The summed E-state index contributed by atoms with van der Waals surface area (Å²) in [5.74, 6) is -0.0805. The van der Waals surface area contributed by atoms with E-state index in [2.05, 4.69) is 26.0 Å². The minimum Gasteiger partial charge on any atom is -0.450 e. The molecule has 70 valence electrons. The van der Waals surface area contributed by atoms with Crippen LogP contribution in [0.3, 0.4) is 0 Å². The molecule has 12 heavy (non-hydrogen) atoms. The van der Waals surface area contributed by atoms with E-state index in [1.807, 2.05) is 0 Å². The fraction of sp³-hybridized carbons (Fsp3) is 0.714. The minimum atomic E-state index is -0.556. The van der Waals surface area contributed by atoms with E-state index in [1.54, 1.807) is 13.8 Å². The standard InChI is InChI=1S/C7H12BrNO3/c1-3-12-7(11)9-5(2)6(10)4-8/h5H,3-4H2,1-2H3,(H,9,11). The molecule has 0 aromatic heterocycles. The maximum Gasteiger partial charge on any atom is 0.407 e. The lowest BCUT2D eigenvalue weighted by Crippen LogP contribution is -2.39. The number of hydrogen-bond donors (Lipinski definition) is 1. The van der Waals surface area contributed by atoms with Crippen LogP contribution in [0.1, 0.15) is 13.8 Å². The number of ether oxygens (including phenoxy) is 1. The Kier molecular flexibility index (Phi) is 5.70. The predicted octanol–water partition coefficient (Wildman–Crippen LogP) is 1.09. The third-order valence-electron chi connectivity index (χ3n) is 1.22. The van der Waals surface area contributed by atoms with Gasteiger partial charge in [0.25, 0.3) is 0 Å². The number of alkyl carbamates (subject to hydrolysis) is 1. The Morgan fingerprint density at radius 1 is 1.58 bits per heavy atom. The van der Waals surface area contributed by atoms with Gasteiger partial charge in [-0.25, -0.2) is 4.79 Å². The average molecular weight is 238 g/mol. The van der Waals surface area contributed by atoms with Crippen molar-refractivity contribution in [1.29, 1.82) is 0 Å². The van der Waals surface area contributed by atoms with Gasteiger partial charge in [-0.15, -0.1) is 0 Å². The molecule has 0 fully saturated rings. The number of halogens is 1. The molecule has 5 heteroatoms. The first-order valence-electron chi connectivity index (χ1n) is 3.63. The summed E-state index contributed by atoms with van der Waals surface area (Å²) >= 11 is 3.00. The second kappa shape index (κ2) is 5.99. The van der Waals surface area contributed by atoms with Gasteiger partial charge in [0.15, 0.2) is 5.78 Å². The third-order valence-corrected chi connectivity index (χ3v) is 1.78. The van der Waals surface area contributed by atoms with Crippen molar-refractivity contribution in [2.24, 2.45) is 0 Å².